The second-order valence-electron chi connectivity index (χ2n) is 5.09. The number of halogens is 4. The number of carbonyl (C=O) groups is 2. The van der Waals surface area contributed by atoms with Crippen LogP contribution >= 0.6 is 11.6 Å². The van der Waals surface area contributed by atoms with Gasteiger partial charge in [-0.15, -0.1) is 0 Å². The maximum atomic E-state index is 12.8. The molecule has 0 aromatic heterocycles. The van der Waals surface area contributed by atoms with E-state index in [0.717, 1.165) is 25.0 Å². The van der Waals surface area contributed by atoms with E-state index in [1.807, 2.05) is 6.92 Å². The van der Waals surface area contributed by atoms with Crippen LogP contribution in [0.2, 0.25) is 5.02 Å². The lowest BCUT2D eigenvalue weighted by atomic mass is 10.2. The first kappa shape index (κ1) is 19.3. The zero-order chi connectivity index (χ0) is 17.6. The molecule has 0 unspecified atom stereocenters. The van der Waals surface area contributed by atoms with Gasteiger partial charge in [-0.3, -0.25) is 9.59 Å². The Balaban J connectivity index is 2.69. The third-order valence-corrected chi connectivity index (χ3v) is 3.44. The predicted octanol–water partition coefficient (Wildman–Crippen LogP) is 3.95. The smallest absolute Gasteiger partial charge is 0.336 e. The molecule has 8 heteroatoms. The number of benzene rings is 1. The molecule has 0 atom stereocenters. The van der Waals surface area contributed by atoms with Gasteiger partial charge in [-0.05, 0) is 24.6 Å². The first-order valence-electron chi connectivity index (χ1n) is 7.05. The van der Waals surface area contributed by atoms with E-state index in [4.69, 9.17) is 11.6 Å². The van der Waals surface area contributed by atoms with Crippen LogP contribution in [0.3, 0.4) is 0 Å². The van der Waals surface area contributed by atoms with Crippen LogP contribution in [-0.2, 0) is 15.8 Å². The topological polar surface area (TPSA) is 49.4 Å². The van der Waals surface area contributed by atoms with Crippen LogP contribution in [0.25, 0.3) is 0 Å². The molecule has 0 spiro atoms. The second-order valence-corrected chi connectivity index (χ2v) is 5.50. The van der Waals surface area contributed by atoms with Gasteiger partial charge in [0.15, 0.2) is 0 Å². The van der Waals surface area contributed by atoms with E-state index in [1.165, 1.54) is 18.0 Å². The van der Waals surface area contributed by atoms with Crippen LogP contribution in [0.4, 0.5) is 18.9 Å². The van der Waals surface area contributed by atoms with E-state index < -0.39 is 22.7 Å². The van der Waals surface area contributed by atoms with E-state index >= 15 is 0 Å². The summed E-state index contributed by atoms with van der Waals surface area (Å²) < 4.78 is 38.3. The van der Waals surface area contributed by atoms with Gasteiger partial charge in [-0.1, -0.05) is 24.9 Å². The van der Waals surface area contributed by atoms with Crippen molar-refractivity contribution in [1.82, 2.24) is 4.90 Å². The average Bonchev–Trinajstić information content (AvgIpc) is 2.45. The fraction of sp³-hybridized carbons (Fsp3) is 0.467. The standard InChI is InChI=1S/C15H18ClF3N2O2/c1-3-4-5-14(23)21(2)9-13(22)20-10-6-7-12(16)11(8-10)15(17,18)19/h6-8H,3-5,9H2,1-2H3,(H,20,22). The van der Waals surface area contributed by atoms with Gasteiger partial charge in [-0.2, -0.15) is 13.2 Å². The number of hydrogen-bond acceptors (Lipinski definition) is 2. The molecule has 2 amide bonds. The number of rotatable bonds is 6. The van der Waals surface area contributed by atoms with Crippen LogP contribution in [0.5, 0.6) is 0 Å². The summed E-state index contributed by atoms with van der Waals surface area (Å²) in [5.41, 5.74) is -1.05. The zero-order valence-electron chi connectivity index (χ0n) is 12.8. The first-order valence-corrected chi connectivity index (χ1v) is 7.43. The van der Waals surface area contributed by atoms with Gasteiger partial charge in [0.1, 0.15) is 0 Å². The van der Waals surface area contributed by atoms with E-state index in [9.17, 15) is 22.8 Å². The number of likely N-dealkylation sites (N-methyl/N-ethyl adjacent to an activating group) is 1. The molecule has 4 nitrogen and oxygen atoms in total. The number of anilines is 1. The van der Waals surface area contributed by atoms with Crippen molar-refractivity contribution in [2.45, 2.75) is 32.4 Å². The largest absolute Gasteiger partial charge is 0.417 e. The van der Waals surface area contributed by atoms with E-state index in [-0.39, 0.29) is 18.1 Å². The summed E-state index contributed by atoms with van der Waals surface area (Å²) in [4.78, 5) is 24.8. The van der Waals surface area contributed by atoms with Crippen molar-refractivity contribution in [3.8, 4) is 0 Å². The fourth-order valence-corrected chi connectivity index (χ4v) is 2.07. The Labute approximate surface area is 137 Å². The van der Waals surface area contributed by atoms with Crippen LogP contribution in [0.15, 0.2) is 18.2 Å². The van der Waals surface area contributed by atoms with Crippen molar-refractivity contribution in [2.24, 2.45) is 0 Å². The highest BCUT2D eigenvalue weighted by molar-refractivity contribution is 6.31. The molecule has 0 radical (unpaired) electrons. The van der Waals surface area contributed by atoms with Crippen molar-refractivity contribution in [3.05, 3.63) is 28.8 Å². The number of alkyl halides is 3. The molecule has 128 valence electrons. The molecule has 0 aliphatic carbocycles. The number of nitrogens with one attached hydrogen (secondary N) is 1. The van der Waals surface area contributed by atoms with Gasteiger partial charge < -0.3 is 10.2 Å². The van der Waals surface area contributed by atoms with Gasteiger partial charge in [0.05, 0.1) is 17.1 Å². The number of amides is 2. The summed E-state index contributed by atoms with van der Waals surface area (Å²) in [7, 11) is 1.47. The van der Waals surface area contributed by atoms with Crippen molar-refractivity contribution in [2.75, 3.05) is 18.9 Å². The van der Waals surface area contributed by atoms with E-state index in [0.29, 0.717) is 6.42 Å². The normalized spacial score (nSPS) is 11.2. The fourth-order valence-electron chi connectivity index (χ4n) is 1.84. The second kappa shape index (κ2) is 8.19. The number of carbonyl (C=O) groups excluding carboxylic acids is 2. The van der Waals surface area contributed by atoms with Crippen LogP contribution in [0.1, 0.15) is 31.7 Å². The zero-order valence-corrected chi connectivity index (χ0v) is 13.6. The maximum Gasteiger partial charge on any atom is 0.417 e. The average molecular weight is 351 g/mol. The lowest BCUT2D eigenvalue weighted by Gasteiger charge is -2.17. The Morgan fingerprint density at radius 3 is 2.52 bits per heavy atom. The minimum Gasteiger partial charge on any atom is -0.336 e. The lowest BCUT2D eigenvalue weighted by Crippen LogP contribution is -2.34. The molecular formula is C15H18ClF3N2O2. The Kier molecular flexibility index (Phi) is 6.87. The minimum atomic E-state index is -4.61. The molecule has 1 rings (SSSR count). The van der Waals surface area contributed by atoms with Crippen LogP contribution in [-0.4, -0.2) is 30.3 Å². The highest BCUT2D eigenvalue weighted by Crippen LogP contribution is 2.36. The summed E-state index contributed by atoms with van der Waals surface area (Å²) >= 11 is 5.51. The summed E-state index contributed by atoms with van der Waals surface area (Å²) in [6.07, 6.45) is -2.70. The Hall–Kier alpha value is -1.76. The molecule has 0 fully saturated rings. The van der Waals surface area contributed by atoms with E-state index in [1.54, 1.807) is 0 Å². The predicted molar refractivity (Wildman–Crippen MR) is 82.2 cm³/mol. The van der Waals surface area contributed by atoms with Gasteiger partial charge in [-0.25, -0.2) is 0 Å². The number of unbranched alkanes of at least 4 members (excludes halogenated alkanes) is 1. The van der Waals surface area contributed by atoms with Gasteiger partial charge in [0, 0.05) is 19.2 Å². The summed E-state index contributed by atoms with van der Waals surface area (Å²) in [5.74, 6) is -0.762. The van der Waals surface area contributed by atoms with Crippen molar-refractivity contribution < 1.29 is 22.8 Å². The maximum absolute atomic E-state index is 12.8. The molecular weight excluding hydrogens is 333 g/mol. The van der Waals surface area contributed by atoms with Crippen molar-refractivity contribution in [3.63, 3.8) is 0 Å². The molecule has 0 aliphatic rings. The molecule has 0 heterocycles. The van der Waals surface area contributed by atoms with Crippen molar-refractivity contribution >= 4 is 29.1 Å². The van der Waals surface area contributed by atoms with Crippen molar-refractivity contribution in [1.29, 1.82) is 0 Å². The molecule has 0 saturated carbocycles. The molecule has 0 saturated heterocycles. The van der Waals surface area contributed by atoms with E-state index in [2.05, 4.69) is 5.32 Å². The molecule has 1 N–H and O–H groups in total. The highest BCUT2D eigenvalue weighted by Gasteiger charge is 2.33. The SMILES string of the molecule is CCCCC(=O)N(C)CC(=O)Nc1ccc(Cl)c(C(F)(F)F)c1. The third-order valence-electron chi connectivity index (χ3n) is 3.11. The summed E-state index contributed by atoms with van der Waals surface area (Å²) in [5, 5.41) is 1.89. The molecule has 23 heavy (non-hydrogen) atoms. The number of nitrogens with zero attached hydrogens (tertiary/aromatic N) is 1. The Bertz CT molecular complexity index is 576. The Morgan fingerprint density at radius 1 is 1.30 bits per heavy atom. The lowest BCUT2D eigenvalue weighted by molar-refractivity contribution is -0.137. The van der Waals surface area contributed by atoms with Gasteiger partial charge in [0.25, 0.3) is 0 Å². The summed E-state index contributed by atoms with van der Waals surface area (Å²) in [6, 6.07) is 3.10. The Morgan fingerprint density at radius 2 is 1.96 bits per heavy atom. The molecule has 0 aliphatic heterocycles. The minimum absolute atomic E-state index is 0.0267. The van der Waals surface area contributed by atoms with Gasteiger partial charge in [0.2, 0.25) is 11.8 Å². The third kappa shape index (κ3) is 6.09. The quantitative estimate of drug-likeness (QED) is 0.844. The first-order chi connectivity index (χ1) is 10.6. The highest BCUT2D eigenvalue weighted by atomic mass is 35.5. The molecule has 0 bridgehead atoms. The van der Waals surface area contributed by atoms with Gasteiger partial charge >= 0.3 is 6.18 Å². The molecule has 1 aromatic rings. The number of hydrogen-bond donors (Lipinski definition) is 1. The monoisotopic (exact) mass is 350 g/mol. The molecule has 1 aromatic carbocycles. The van der Waals surface area contributed by atoms with Crippen LogP contribution in [0, 0.1) is 0 Å². The van der Waals surface area contributed by atoms with Crippen LogP contribution < -0.4 is 5.32 Å². The summed E-state index contributed by atoms with van der Waals surface area (Å²) in [6.45, 7) is 1.71.